The molecule has 1 aromatic carbocycles. The van der Waals surface area contributed by atoms with Gasteiger partial charge in [-0.1, -0.05) is 19.1 Å². The molecule has 4 nitrogen and oxygen atoms in total. The van der Waals surface area contributed by atoms with Crippen LogP contribution in [0.5, 0.6) is 5.75 Å². The van der Waals surface area contributed by atoms with Gasteiger partial charge in [-0.05, 0) is 38.2 Å². The largest absolute Gasteiger partial charge is 0.497 e. The summed E-state index contributed by atoms with van der Waals surface area (Å²) in [6.45, 7) is 2.55. The maximum atomic E-state index is 12.1. The molecule has 0 spiro atoms. The molecule has 0 fully saturated rings. The molecule has 0 saturated carbocycles. The molecule has 114 valence electrons. The summed E-state index contributed by atoms with van der Waals surface area (Å²) in [7, 11) is 2.30. The lowest BCUT2D eigenvalue weighted by Gasteiger charge is -2.28. The van der Waals surface area contributed by atoms with Gasteiger partial charge < -0.3 is 9.64 Å². The van der Waals surface area contributed by atoms with Gasteiger partial charge in [0.25, 0.3) is 0 Å². The van der Waals surface area contributed by atoms with E-state index >= 15 is 0 Å². The van der Waals surface area contributed by atoms with Crippen LogP contribution in [0.4, 0.5) is 0 Å². The van der Waals surface area contributed by atoms with Gasteiger partial charge in [0.15, 0.2) is 9.84 Å². The van der Waals surface area contributed by atoms with Gasteiger partial charge in [0.05, 0.1) is 12.4 Å². The summed E-state index contributed by atoms with van der Waals surface area (Å²) < 4.78 is 29.5. The monoisotopic (exact) mass is 299 g/mol. The quantitative estimate of drug-likeness (QED) is 0.774. The summed E-state index contributed by atoms with van der Waals surface area (Å²) in [5.74, 6) is 0.737. The average Bonchev–Trinajstić information content (AvgIpc) is 2.37. The molecule has 0 saturated heterocycles. The third-order valence-electron chi connectivity index (χ3n) is 3.51. The molecule has 2 atom stereocenters. The molecule has 20 heavy (non-hydrogen) atoms. The minimum absolute atomic E-state index is 0.0255. The van der Waals surface area contributed by atoms with E-state index < -0.39 is 15.1 Å². The summed E-state index contributed by atoms with van der Waals surface area (Å²) >= 11 is 0. The summed E-state index contributed by atoms with van der Waals surface area (Å²) in [6, 6.07) is 7.69. The molecule has 5 heteroatoms. The summed E-state index contributed by atoms with van der Waals surface area (Å²) in [5.41, 5.74) is 1.02. The van der Waals surface area contributed by atoms with Crippen LogP contribution in [0.15, 0.2) is 24.3 Å². The molecule has 1 rings (SSSR count). The lowest BCUT2D eigenvalue weighted by molar-refractivity contribution is 0.375. The molecular formula is C15H25NO3S. The Labute approximate surface area is 122 Å². The number of rotatable bonds is 7. The maximum absolute atomic E-state index is 12.1. The number of methoxy groups -OCH3 is 1. The highest BCUT2D eigenvalue weighted by molar-refractivity contribution is 7.91. The average molecular weight is 299 g/mol. The Kier molecular flexibility index (Phi) is 6.02. The van der Waals surface area contributed by atoms with Crippen molar-refractivity contribution < 1.29 is 13.2 Å². The van der Waals surface area contributed by atoms with Gasteiger partial charge in [0, 0.05) is 18.7 Å². The van der Waals surface area contributed by atoms with Gasteiger partial charge in [-0.2, -0.15) is 0 Å². The fraction of sp³-hybridized carbons (Fsp3) is 0.600. The summed E-state index contributed by atoms with van der Waals surface area (Å²) in [6.07, 6.45) is 2.10. The molecule has 0 aliphatic heterocycles. The zero-order valence-electron chi connectivity index (χ0n) is 13.0. The molecule has 0 aliphatic rings. The van der Waals surface area contributed by atoms with Crippen molar-refractivity contribution >= 4 is 9.84 Å². The highest BCUT2D eigenvalue weighted by Crippen LogP contribution is 2.30. The zero-order chi connectivity index (χ0) is 15.3. The summed E-state index contributed by atoms with van der Waals surface area (Å²) in [4.78, 5) is 1.93. The topological polar surface area (TPSA) is 46.6 Å². The molecule has 1 unspecified atom stereocenters. The van der Waals surface area contributed by atoms with Crippen LogP contribution in [-0.4, -0.2) is 52.6 Å². The van der Waals surface area contributed by atoms with Crippen molar-refractivity contribution in [1.29, 1.82) is 0 Å². The van der Waals surface area contributed by atoms with E-state index in [0.29, 0.717) is 6.54 Å². The predicted octanol–water partition coefficient (Wildman–Crippen LogP) is 2.16. The van der Waals surface area contributed by atoms with E-state index in [1.54, 1.807) is 7.11 Å². The molecule has 0 N–H and O–H groups in total. The first-order chi connectivity index (χ1) is 9.29. The first kappa shape index (κ1) is 17.0. The predicted molar refractivity (Wildman–Crippen MR) is 83.2 cm³/mol. The molecule has 0 aromatic heterocycles. The van der Waals surface area contributed by atoms with Crippen LogP contribution in [0, 0.1) is 0 Å². The molecule has 0 bridgehead atoms. The zero-order valence-corrected chi connectivity index (χ0v) is 13.8. The Morgan fingerprint density at radius 2 is 1.95 bits per heavy atom. The Morgan fingerprint density at radius 3 is 2.40 bits per heavy atom. The highest BCUT2D eigenvalue weighted by atomic mass is 32.2. The van der Waals surface area contributed by atoms with Crippen molar-refractivity contribution in [2.75, 3.05) is 34.0 Å². The fourth-order valence-electron chi connectivity index (χ4n) is 2.51. The van der Waals surface area contributed by atoms with Gasteiger partial charge in [-0.3, -0.25) is 0 Å². The number of sulfone groups is 1. The smallest absolute Gasteiger partial charge is 0.152 e. The summed E-state index contributed by atoms with van der Waals surface area (Å²) in [5, 5.41) is -0.408. The Hall–Kier alpha value is -1.07. The van der Waals surface area contributed by atoms with E-state index in [4.69, 9.17) is 4.74 Å². The van der Waals surface area contributed by atoms with E-state index in [-0.39, 0.29) is 5.92 Å². The standard InChI is InChI=1S/C15H25NO3S/c1-6-14(12-8-7-9-13(10-12)19-4)15(11-16(2)3)20(5,17)18/h7-10,14-15H,6,11H2,1-5H3/t14?,15-/m0/s1. The van der Waals surface area contributed by atoms with Crippen LogP contribution < -0.4 is 4.74 Å². The first-order valence-corrected chi connectivity index (χ1v) is 8.72. The van der Waals surface area contributed by atoms with Crippen molar-refractivity contribution in [3.63, 3.8) is 0 Å². The minimum Gasteiger partial charge on any atom is -0.497 e. The number of ether oxygens (including phenoxy) is 1. The normalized spacial score (nSPS) is 15.1. The third kappa shape index (κ3) is 4.49. The van der Waals surface area contributed by atoms with Crippen LogP contribution in [0.3, 0.4) is 0 Å². The van der Waals surface area contributed by atoms with E-state index in [2.05, 4.69) is 0 Å². The van der Waals surface area contributed by atoms with Gasteiger partial charge in [0.1, 0.15) is 5.75 Å². The van der Waals surface area contributed by atoms with Crippen LogP contribution in [0.1, 0.15) is 24.8 Å². The van der Waals surface area contributed by atoms with E-state index in [9.17, 15) is 8.42 Å². The van der Waals surface area contributed by atoms with Crippen LogP contribution >= 0.6 is 0 Å². The second-order valence-corrected chi connectivity index (χ2v) is 7.69. The lowest BCUT2D eigenvalue weighted by Crippen LogP contribution is -2.37. The van der Waals surface area contributed by atoms with Gasteiger partial charge in [-0.15, -0.1) is 0 Å². The molecule has 0 radical (unpaired) electrons. The molecular weight excluding hydrogens is 274 g/mol. The van der Waals surface area contributed by atoms with Crippen molar-refractivity contribution in [1.82, 2.24) is 4.90 Å². The van der Waals surface area contributed by atoms with E-state index in [0.717, 1.165) is 17.7 Å². The molecule has 0 aliphatic carbocycles. The third-order valence-corrected chi connectivity index (χ3v) is 5.08. The second kappa shape index (κ2) is 7.09. The van der Waals surface area contributed by atoms with Crippen molar-refractivity contribution in [3.8, 4) is 5.75 Å². The molecule has 0 heterocycles. The number of hydrogen-bond acceptors (Lipinski definition) is 4. The Balaban J connectivity index is 3.18. The van der Waals surface area contributed by atoms with E-state index in [1.807, 2.05) is 50.2 Å². The van der Waals surface area contributed by atoms with Gasteiger partial charge >= 0.3 is 0 Å². The number of benzene rings is 1. The number of nitrogens with zero attached hydrogens (tertiary/aromatic N) is 1. The number of hydrogen-bond donors (Lipinski definition) is 0. The minimum atomic E-state index is -3.12. The van der Waals surface area contributed by atoms with Crippen molar-refractivity contribution in [3.05, 3.63) is 29.8 Å². The van der Waals surface area contributed by atoms with Gasteiger partial charge in [0.2, 0.25) is 0 Å². The Bertz CT molecular complexity index is 526. The fourth-order valence-corrected chi connectivity index (χ4v) is 4.02. The maximum Gasteiger partial charge on any atom is 0.152 e. The molecule has 0 amide bonds. The van der Waals surface area contributed by atoms with Crippen molar-refractivity contribution in [2.24, 2.45) is 0 Å². The van der Waals surface area contributed by atoms with Crippen molar-refractivity contribution in [2.45, 2.75) is 24.5 Å². The lowest BCUT2D eigenvalue weighted by atomic mass is 9.92. The van der Waals surface area contributed by atoms with Crippen LogP contribution in [0.2, 0.25) is 0 Å². The second-order valence-electron chi connectivity index (χ2n) is 5.42. The highest BCUT2D eigenvalue weighted by Gasteiger charge is 2.31. The first-order valence-electron chi connectivity index (χ1n) is 6.77. The van der Waals surface area contributed by atoms with E-state index in [1.165, 1.54) is 6.26 Å². The SMILES string of the molecule is CCC(c1cccc(OC)c1)[C@H](CN(C)C)S(C)(=O)=O. The van der Waals surface area contributed by atoms with Gasteiger partial charge in [-0.25, -0.2) is 8.42 Å². The van der Waals surface area contributed by atoms with Crippen LogP contribution in [0.25, 0.3) is 0 Å². The molecule has 1 aromatic rings. The Morgan fingerprint density at radius 1 is 1.30 bits per heavy atom. The van der Waals surface area contributed by atoms with Crippen LogP contribution in [-0.2, 0) is 9.84 Å².